The van der Waals surface area contributed by atoms with E-state index in [2.05, 4.69) is 31.0 Å². The molecular weight excluding hydrogens is 358 g/mol. The number of halogens is 1. The summed E-state index contributed by atoms with van der Waals surface area (Å²) in [6.07, 6.45) is 2.55. The molecule has 0 unspecified atom stereocenters. The van der Waals surface area contributed by atoms with Crippen LogP contribution < -0.4 is 10.0 Å². The van der Waals surface area contributed by atoms with E-state index in [1.165, 1.54) is 6.20 Å². The molecule has 21 heavy (non-hydrogen) atoms. The fourth-order valence-corrected chi connectivity index (χ4v) is 2.56. The van der Waals surface area contributed by atoms with E-state index in [0.29, 0.717) is 21.5 Å². The minimum atomic E-state index is -3.43. The van der Waals surface area contributed by atoms with Crippen LogP contribution in [0.25, 0.3) is 0 Å². The van der Waals surface area contributed by atoms with Gasteiger partial charge in [-0.3, -0.25) is 9.52 Å². The molecular formula is C13H12BrN3O3S. The van der Waals surface area contributed by atoms with Gasteiger partial charge in [0.25, 0.3) is 5.91 Å². The molecule has 0 radical (unpaired) electrons. The van der Waals surface area contributed by atoms with Gasteiger partial charge in [-0.2, -0.15) is 0 Å². The zero-order valence-electron chi connectivity index (χ0n) is 11.0. The maximum atomic E-state index is 12.1. The Morgan fingerprint density at radius 3 is 2.48 bits per heavy atom. The summed E-state index contributed by atoms with van der Waals surface area (Å²) in [4.78, 5) is 16.1. The number of carbonyl (C=O) groups is 1. The highest BCUT2D eigenvalue weighted by molar-refractivity contribution is 9.10. The van der Waals surface area contributed by atoms with Crippen LogP contribution >= 0.6 is 15.9 Å². The molecule has 0 aliphatic carbocycles. The quantitative estimate of drug-likeness (QED) is 0.810. The number of benzene rings is 1. The van der Waals surface area contributed by atoms with Gasteiger partial charge >= 0.3 is 0 Å². The maximum absolute atomic E-state index is 12.1. The van der Waals surface area contributed by atoms with Crippen LogP contribution in [-0.2, 0) is 10.0 Å². The van der Waals surface area contributed by atoms with Gasteiger partial charge in [0, 0.05) is 11.8 Å². The topological polar surface area (TPSA) is 88.2 Å². The van der Waals surface area contributed by atoms with Crippen molar-refractivity contribution in [2.75, 3.05) is 16.3 Å². The molecule has 2 N–H and O–H groups in total. The number of rotatable bonds is 4. The zero-order chi connectivity index (χ0) is 15.5. The van der Waals surface area contributed by atoms with E-state index >= 15 is 0 Å². The van der Waals surface area contributed by atoms with Crippen molar-refractivity contribution in [3.05, 3.63) is 52.8 Å². The van der Waals surface area contributed by atoms with Crippen molar-refractivity contribution in [2.24, 2.45) is 0 Å². The highest BCUT2D eigenvalue weighted by Crippen LogP contribution is 2.22. The zero-order valence-corrected chi connectivity index (χ0v) is 13.4. The van der Waals surface area contributed by atoms with Crippen molar-refractivity contribution in [1.29, 1.82) is 0 Å². The van der Waals surface area contributed by atoms with Crippen molar-refractivity contribution < 1.29 is 13.2 Å². The second kappa shape index (κ2) is 6.23. The van der Waals surface area contributed by atoms with Crippen LogP contribution in [0.5, 0.6) is 0 Å². The number of hydrogen-bond donors (Lipinski definition) is 2. The number of amides is 1. The molecule has 6 nitrogen and oxygen atoms in total. The number of anilines is 2. The molecule has 0 aliphatic heterocycles. The van der Waals surface area contributed by atoms with E-state index < -0.39 is 10.0 Å². The summed E-state index contributed by atoms with van der Waals surface area (Å²) in [7, 11) is -3.43. The first-order valence-corrected chi connectivity index (χ1v) is 8.53. The molecule has 0 spiro atoms. The summed E-state index contributed by atoms with van der Waals surface area (Å²) >= 11 is 3.19. The number of pyridine rings is 1. The molecule has 1 amide bonds. The predicted octanol–water partition coefficient (Wildman–Crippen LogP) is 2.47. The van der Waals surface area contributed by atoms with Crippen LogP contribution in [0.4, 0.5) is 11.4 Å². The lowest BCUT2D eigenvalue weighted by molar-refractivity contribution is 0.102. The van der Waals surface area contributed by atoms with Crippen molar-refractivity contribution in [3.8, 4) is 0 Å². The maximum Gasteiger partial charge on any atom is 0.255 e. The molecule has 1 aromatic carbocycles. The first-order valence-electron chi connectivity index (χ1n) is 5.85. The molecule has 0 fully saturated rings. The molecule has 0 saturated carbocycles. The third-order valence-corrected chi connectivity index (χ3v) is 3.48. The van der Waals surface area contributed by atoms with Crippen LogP contribution in [-0.4, -0.2) is 25.6 Å². The average molecular weight is 370 g/mol. The molecule has 2 aromatic rings. The molecule has 0 atom stereocenters. The second-order valence-corrected chi connectivity index (χ2v) is 6.80. The Balaban J connectivity index is 2.26. The highest BCUT2D eigenvalue weighted by atomic mass is 79.9. The highest BCUT2D eigenvalue weighted by Gasteiger charge is 2.11. The van der Waals surface area contributed by atoms with Gasteiger partial charge in [-0.05, 0) is 40.2 Å². The first kappa shape index (κ1) is 15.5. The van der Waals surface area contributed by atoms with Crippen molar-refractivity contribution in [3.63, 3.8) is 0 Å². The lowest BCUT2D eigenvalue weighted by Crippen LogP contribution is -2.16. The fraction of sp³-hybridized carbons (Fsp3) is 0.0769. The van der Waals surface area contributed by atoms with E-state index in [9.17, 15) is 13.2 Å². The number of hydrogen-bond acceptors (Lipinski definition) is 4. The summed E-state index contributed by atoms with van der Waals surface area (Å²) in [5, 5.41) is 2.66. The van der Waals surface area contributed by atoms with E-state index in [1.807, 2.05) is 0 Å². The molecule has 0 bridgehead atoms. The van der Waals surface area contributed by atoms with Gasteiger partial charge in [0.15, 0.2) is 0 Å². The third-order valence-electron chi connectivity index (χ3n) is 2.46. The van der Waals surface area contributed by atoms with Crippen molar-refractivity contribution in [1.82, 2.24) is 4.98 Å². The van der Waals surface area contributed by atoms with Gasteiger partial charge < -0.3 is 5.32 Å². The van der Waals surface area contributed by atoms with E-state index in [-0.39, 0.29) is 5.91 Å². The summed E-state index contributed by atoms with van der Waals surface area (Å²) in [5.74, 6) is -0.360. The van der Waals surface area contributed by atoms with E-state index in [1.54, 1.807) is 36.4 Å². The fourth-order valence-electron chi connectivity index (χ4n) is 1.62. The lowest BCUT2D eigenvalue weighted by Gasteiger charge is -2.11. The van der Waals surface area contributed by atoms with E-state index in [4.69, 9.17) is 0 Å². The number of sulfonamides is 1. The smallest absolute Gasteiger partial charge is 0.255 e. The molecule has 1 aromatic heterocycles. The Kier molecular flexibility index (Phi) is 4.59. The monoisotopic (exact) mass is 369 g/mol. The Bertz CT molecular complexity index is 778. The van der Waals surface area contributed by atoms with Crippen molar-refractivity contribution >= 4 is 43.2 Å². The molecule has 2 rings (SSSR count). The number of para-hydroxylation sites is 2. The average Bonchev–Trinajstić information content (AvgIpc) is 2.39. The SMILES string of the molecule is CS(=O)(=O)Nc1ccccc1NC(=O)c1ccnc(Br)c1. The normalized spacial score (nSPS) is 11.0. The first-order chi connectivity index (χ1) is 9.85. The number of carbonyl (C=O) groups excluding carboxylic acids is 1. The van der Waals surface area contributed by atoms with Gasteiger partial charge in [-0.25, -0.2) is 13.4 Å². The van der Waals surface area contributed by atoms with Gasteiger partial charge in [-0.15, -0.1) is 0 Å². The van der Waals surface area contributed by atoms with Crippen molar-refractivity contribution in [2.45, 2.75) is 0 Å². The molecule has 0 saturated heterocycles. The summed E-state index contributed by atoms with van der Waals surface area (Å²) in [5.41, 5.74) is 1.09. The summed E-state index contributed by atoms with van der Waals surface area (Å²) < 4.78 is 25.5. The molecule has 8 heteroatoms. The number of nitrogens with zero attached hydrogens (tertiary/aromatic N) is 1. The Morgan fingerprint density at radius 2 is 1.86 bits per heavy atom. The van der Waals surface area contributed by atoms with E-state index in [0.717, 1.165) is 6.26 Å². The van der Waals surface area contributed by atoms with Crippen LogP contribution in [0.2, 0.25) is 0 Å². The minimum absolute atomic E-state index is 0.307. The second-order valence-electron chi connectivity index (χ2n) is 4.24. The molecule has 0 aliphatic rings. The minimum Gasteiger partial charge on any atom is -0.320 e. The summed E-state index contributed by atoms with van der Waals surface area (Å²) in [6.45, 7) is 0. The Hall–Kier alpha value is -1.93. The van der Waals surface area contributed by atoms with Gasteiger partial charge in [0.2, 0.25) is 10.0 Å². The van der Waals surface area contributed by atoms with Crippen LogP contribution in [0, 0.1) is 0 Å². The molecule has 110 valence electrons. The van der Waals surface area contributed by atoms with Gasteiger partial charge in [-0.1, -0.05) is 12.1 Å². The molecule has 1 heterocycles. The third kappa shape index (κ3) is 4.54. The largest absolute Gasteiger partial charge is 0.320 e. The van der Waals surface area contributed by atoms with Gasteiger partial charge in [0.05, 0.1) is 17.6 Å². The Morgan fingerprint density at radius 1 is 1.19 bits per heavy atom. The predicted molar refractivity (Wildman–Crippen MR) is 84.8 cm³/mol. The van der Waals surface area contributed by atoms with Gasteiger partial charge in [0.1, 0.15) is 4.60 Å². The van der Waals surface area contributed by atoms with Crippen LogP contribution in [0.3, 0.4) is 0 Å². The van der Waals surface area contributed by atoms with Crippen LogP contribution in [0.1, 0.15) is 10.4 Å². The van der Waals surface area contributed by atoms with Crippen LogP contribution in [0.15, 0.2) is 47.2 Å². The lowest BCUT2D eigenvalue weighted by atomic mass is 10.2. The Labute approximate surface area is 130 Å². The number of aromatic nitrogens is 1. The standard InChI is InChI=1S/C13H12BrN3O3S/c1-21(19,20)17-11-5-3-2-4-10(11)16-13(18)9-6-7-15-12(14)8-9/h2-8,17H,1H3,(H,16,18). The summed E-state index contributed by atoms with van der Waals surface area (Å²) in [6, 6.07) is 9.69. The number of nitrogens with one attached hydrogen (secondary N) is 2.